The quantitative estimate of drug-likeness (QED) is 0.600. The van der Waals surface area contributed by atoms with E-state index in [1.165, 1.54) is 24.3 Å². The first-order chi connectivity index (χ1) is 10.8. The number of hydrogen-bond donors (Lipinski definition) is 0. The van der Waals surface area contributed by atoms with Gasteiger partial charge in [-0.2, -0.15) is 0 Å². The monoisotopic (exact) mass is 389 g/mol. The summed E-state index contributed by atoms with van der Waals surface area (Å²) in [5, 5.41) is 1.05. The molecule has 120 valence electrons. The van der Waals surface area contributed by atoms with Crippen molar-refractivity contribution < 1.29 is 13.9 Å². The van der Waals surface area contributed by atoms with Gasteiger partial charge in [-0.3, -0.25) is 9.36 Å². The Bertz CT molecular complexity index is 836. The van der Waals surface area contributed by atoms with Gasteiger partial charge in [0.2, 0.25) is 0 Å². The van der Waals surface area contributed by atoms with Crippen LogP contribution in [0.25, 0.3) is 0 Å². The molecule has 8 heteroatoms. The fraction of sp³-hybridized carbons (Fsp3) is 0.133. The second-order valence-corrected chi connectivity index (χ2v) is 8.73. The van der Waals surface area contributed by atoms with E-state index in [-0.39, 0.29) is 17.5 Å². The molecule has 0 N–H and O–H groups in total. The number of benzene rings is 2. The van der Waals surface area contributed by atoms with Crippen LogP contribution in [0.15, 0.2) is 36.4 Å². The number of halogens is 3. The summed E-state index contributed by atoms with van der Waals surface area (Å²) < 4.78 is 20.0. The summed E-state index contributed by atoms with van der Waals surface area (Å²) in [5.74, 6) is -0.203. The van der Waals surface area contributed by atoms with Gasteiger partial charge in [0.05, 0.1) is 17.4 Å². The van der Waals surface area contributed by atoms with E-state index in [0.29, 0.717) is 20.8 Å². The van der Waals surface area contributed by atoms with Gasteiger partial charge in [-0.25, -0.2) is 4.67 Å². The zero-order chi connectivity index (χ0) is 16.8. The summed E-state index contributed by atoms with van der Waals surface area (Å²) >= 11 is 18.0. The number of nitrogens with zero attached hydrogens (tertiary/aromatic N) is 1. The van der Waals surface area contributed by atoms with E-state index in [4.69, 9.17) is 39.3 Å². The second-order valence-electron chi connectivity index (χ2n) is 4.93. The Kier molecular flexibility index (Phi) is 4.37. The molecule has 0 spiro atoms. The number of carbonyl (C=O) groups is 1. The fourth-order valence-electron chi connectivity index (χ4n) is 2.36. The van der Waals surface area contributed by atoms with Crippen molar-refractivity contribution in [1.29, 1.82) is 0 Å². The number of rotatable bonds is 2. The predicted octanol–water partition coefficient (Wildman–Crippen LogP) is 5.90. The molecule has 0 radical (unpaired) electrons. The molecule has 1 unspecified atom stereocenters. The molecule has 2 aromatic rings. The van der Waals surface area contributed by atoms with E-state index >= 15 is 0 Å². The molecule has 1 aliphatic heterocycles. The van der Waals surface area contributed by atoms with Crippen LogP contribution in [0.5, 0.6) is 5.75 Å². The average Bonchev–Trinajstić information content (AvgIpc) is 2.47. The zero-order valence-corrected chi connectivity index (χ0v) is 15.1. The van der Waals surface area contributed by atoms with Gasteiger partial charge >= 0.3 is 7.52 Å². The fourth-order valence-corrected chi connectivity index (χ4v) is 4.86. The Labute approximate surface area is 148 Å². The maximum atomic E-state index is 13.2. The van der Waals surface area contributed by atoms with Crippen LogP contribution in [0.1, 0.15) is 17.3 Å². The van der Waals surface area contributed by atoms with Crippen LogP contribution in [-0.2, 0) is 4.57 Å². The average molecular weight is 391 g/mol. The molecule has 1 aliphatic rings. The lowest BCUT2D eigenvalue weighted by Crippen LogP contribution is -2.34. The first-order valence-corrected chi connectivity index (χ1v) is 9.63. The number of anilines is 1. The number of fused-ring (bicyclic) bond motifs is 1. The predicted molar refractivity (Wildman–Crippen MR) is 93.5 cm³/mol. The Morgan fingerprint density at radius 2 is 1.70 bits per heavy atom. The summed E-state index contributed by atoms with van der Waals surface area (Å²) in [7, 11) is -3.45. The summed E-state index contributed by atoms with van der Waals surface area (Å²) in [6.45, 7) is 1.69. The van der Waals surface area contributed by atoms with Crippen molar-refractivity contribution in [1.82, 2.24) is 0 Å². The smallest absolute Gasteiger partial charge is 0.350 e. The molecule has 0 aliphatic carbocycles. The van der Waals surface area contributed by atoms with Crippen LogP contribution in [-0.4, -0.2) is 12.1 Å². The molecule has 1 amide bonds. The second kappa shape index (κ2) is 6.03. The number of hydrogen-bond acceptors (Lipinski definition) is 3. The lowest BCUT2D eigenvalue weighted by atomic mass is 10.2. The lowest BCUT2D eigenvalue weighted by Gasteiger charge is -2.35. The molecule has 23 heavy (non-hydrogen) atoms. The molecule has 0 fully saturated rings. The van der Waals surface area contributed by atoms with Gasteiger partial charge in [0.25, 0.3) is 5.91 Å². The molecular weight excluding hydrogens is 380 g/mol. The Morgan fingerprint density at radius 3 is 2.30 bits per heavy atom. The van der Waals surface area contributed by atoms with Crippen LogP contribution in [0, 0.1) is 0 Å². The molecule has 4 nitrogen and oxygen atoms in total. The molecule has 2 aromatic carbocycles. The first-order valence-electron chi connectivity index (χ1n) is 6.73. The molecule has 0 saturated heterocycles. The highest BCUT2D eigenvalue weighted by molar-refractivity contribution is 7.62. The molecule has 3 rings (SSSR count). The highest BCUT2D eigenvalue weighted by Crippen LogP contribution is 2.57. The van der Waals surface area contributed by atoms with Gasteiger partial charge in [-0.1, -0.05) is 41.7 Å². The van der Waals surface area contributed by atoms with E-state index in [1.54, 1.807) is 19.1 Å². The lowest BCUT2D eigenvalue weighted by molar-refractivity contribution is 0.0995. The maximum absolute atomic E-state index is 13.2. The van der Waals surface area contributed by atoms with Crippen molar-refractivity contribution in [3.05, 3.63) is 57.0 Å². The summed E-state index contributed by atoms with van der Waals surface area (Å²) in [4.78, 5) is 12.9. The number of carbonyl (C=O) groups excluding carboxylic acids is 1. The van der Waals surface area contributed by atoms with Crippen molar-refractivity contribution in [2.45, 2.75) is 6.92 Å². The Hall–Kier alpha value is -1.19. The van der Waals surface area contributed by atoms with Crippen LogP contribution in [0.4, 0.5) is 5.69 Å². The van der Waals surface area contributed by atoms with Crippen LogP contribution >= 0.6 is 42.3 Å². The minimum absolute atomic E-state index is 0.144. The van der Waals surface area contributed by atoms with Crippen LogP contribution in [0.2, 0.25) is 15.1 Å². The Morgan fingerprint density at radius 1 is 1.04 bits per heavy atom. The highest BCUT2D eigenvalue weighted by Gasteiger charge is 2.43. The van der Waals surface area contributed by atoms with Crippen molar-refractivity contribution in [3.63, 3.8) is 0 Å². The zero-order valence-electron chi connectivity index (χ0n) is 11.9. The van der Waals surface area contributed by atoms with Gasteiger partial charge in [-0.15, -0.1) is 0 Å². The third-order valence-corrected chi connectivity index (χ3v) is 6.38. The summed E-state index contributed by atoms with van der Waals surface area (Å²) in [6.07, 6.45) is 0.144. The SMILES string of the molecule is CCP1(=O)Oc2ccc(Cl)cc2C(=O)N1c1cc(Cl)cc(Cl)c1. The topological polar surface area (TPSA) is 46.6 Å². The molecule has 0 aromatic heterocycles. The molecule has 0 bridgehead atoms. The van der Waals surface area contributed by atoms with Gasteiger partial charge in [0, 0.05) is 15.1 Å². The number of amides is 1. The third-order valence-electron chi connectivity index (χ3n) is 3.40. The van der Waals surface area contributed by atoms with Crippen molar-refractivity contribution >= 4 is 53.9 Å². The van der Waals surface area contributed by atoms with Crippen molar-refractivity contribution in [3.8, 4) is 5.75 Å². The van der Waals surface area contributed by atoms with E-state index < -0.39 is 13.4 Å². The van der Waals surface area contributed by atoms with Crippen molar-refractivity contribution in [2.24, 2.45) is 0 Å². The van der Waals surface area contributed by atoms with Gasteiger partial charge in [0.15, 0.2) is 0 Å². The Balaban J connectivity index is 2.21. The normalized spacial score (nSPS) is 20.2. The van der Waals surface area contributed by atoms with Crippen LogP contribution < -0.4 is 9.19 Å². The molecule has 0 saturated carbocycles. The maximum Gasteiger partial charge on any atom is 0.350 e. The molecular formula is C15H11Cl3NO3P. The summed E-state index contributed by atoms with van der Waals surface area (Å²) in [5.41, 5.74) is 0.567. The van der Waals surface area contributed by atoms with E-state index in [1.807, 2.05) is 0 Å². The van der Waals surface area contributed by atoms with Gasteiger partial charge in [0.1, 0.15) is 5.75 Å². The van der Waals surface area contributed by atoms with Crippen LogP contribution in [0.3, 0.4) is 0 Å². The first kappa shape index (κ1) is 16.7. The minimum Gasteiger partial charge on any atom is -0.428 e. The highest BCUT2D eigenvalue weighted by atomic mass is 35.5. The van der Waals surface area contributed by atoms with E-state index in [2.05, 4.69) is 0 Å². The van der Waals surface area contributed by atoms with E-state index in [9.17, 15) is 9.36 Å². The van der Waals surface area contributed by atoms with Gasteiger partial charge < -0.3 is 4.52 Å². The van der Waals surface area contributed by atoms with Gasteiger partial charge in [-0.05, 0) is 36.4 Å². The van der Waals surface area contributed by atoms with E-state index in [0.717, 1.165) is 4.67 Å². The summed E-state index contributed by atoms with van der Waals surface area (Å²) in [6, 6.07) is 9.18. The largest absolute Gasteiger partial charge is 0.428 e. The minimum atomic E-state index is -3.45. The van der Waals surface area contributed by atoms with Crippen molar-refractivity contribution in [2.75, 3.05) is 10.8 Å². The third kappa shape index (κ3) is 2.97. The molecule has 1 atom stereocenters. The molecule has 1 heterocycles. The standard InChI is InChI=1S/C15H11Cl3NO3P/c1-2-23(21)19(12-6-10(17)5-11(18)7-12)15(20)13-8-9(16)3-4-14(13)22-23/h3-8H,2H2,1H3.